The molecule has 0 bridgehead atoms. The van der Waals surface area contributed by atoms with E-state index < -0.39 is 17.6 Å². The van der Waals surface area contributed by atoms with Crippen molar-refractivity contribution >= 4 is 11.7 Å². The molecule has 0 aliphatic carbocycles. The minimum atomic E-state index is -4.75. The summed E-state index contributed by atoms with van der Waals surface area (Å²) in [5, 5.41) is 6.37. The Morgan fingerprint density at radius 2 is 1.90 bits per heavy atom. The Hall–Kier alpha value is -3.40. The molecule has 206 valence electrons. The molecular weight excluding hydrogens is 510 g/mol. The summed E-state index contributed by atoms with van der Waals surface area (Å²) in [6.45, 7) is 3.34. The molecule has 6 nitrogen and oxygen atoms in total. The van der Waals surface area contributed by atoms with Crippen molar-refractivity contribution in [2.75, 3.05) is 19.6 Å². The summed E-state index contributed by atoms with van der Waals surface area (Å²) in [4.78, 5) is 18.7. The number of hydrogen-bond donors (Lipinski definition) is 2. The lowest BCUT2D eigenvalue weighted by molar-refractivity contribution is -0.140. The predicted octanol–water partition coefficient (Wildman–Crippen LogP) is 5.33. The molecule has 0 radical (unpaired) electrons. The van der Waals surface area contributed by atoms with E-state index >= 15 is 0 Å². The van der Waals surface area contributed by atoms with Crippen molar-refractivity contribution in [2.24, 2.45) is 4.99 Å². The molecule has 0 saturated carbocycles. The Morgan fingerprint density at radius 1 is 1.08 bits per heavy atom. The van der Waals surface area contributed by atoms with Gasteiger partial charge in [0, 0.05) is 67.4 Å². The predicted molar refractivity (Wildman–Crippen MR) is 140 cm³/mol. The maximum absolute atomic E-state index is 14.0. The van der Waals surface area contributed by atoms with E-state index in [-0.39, 0.29) is 11.8 Å². The molecule has 4 aliphatic heterocycles. The lowest BCUT2D eigenvalue weighted by atomic mass is 9.91. The van der Waals surface area contributed by atoms with Crippen LogP contribution in [0.5, 0.6) is 0 Å². The molecule has 6 rings (SSSR count). The van der Waals surface area contributed by atoms with Crippen LogP contribution >= 0.6 is 0 Å². The van der Waals surface area contributed by atoms with E-state index in [1.165, 1.54) is 6.07 Å². The zero-order valence-electron chi connectivity index (χ0n) is 21.5. The third kappa shape index (κ3) is 5.26. The van der Waals surface area contributed by atoms with Crippen LogP contribution in [0.1, 0.15) is 55.7 Å². The molecule has 1 aromatic carbocycles. The number of likely N-dealkylation sites (tertiary alicyclic amines) is 1. The van der Waals surface area contributed by atoms with Crippen molar-refractivity contribution in [3.8, 4) is 11.1 Å². The summed E-state index contributed by atoms with van der Waals surface area (Å²) < 4.78 is 56.4. The lowest BCUT2D eigenvalue weighted by Gasteiger charge is -2.36. The van der Waals surface area contributed by atoms with Crippen molar-refractivity contribution < 1.29 is 22.4 Å². The van der Waals surface area contributed by atoms with Crippen LogP contribution in [0.15, 0.2) is 59.0 Å². The number of hydrogen-bond acceptors (Lipinski definition) is 4. The number of carbonyl (C=O) groups is 1. The number of carbonyl (C=O) groups excluding carboxylic acids is 1. The van der Waals surface area contributed by atoms with Crippen molar-refractivity contribution in [1.82, 2.24) is 20.1 Å². The third-order valence-corrected chi connectivity index (χ3v) is 8.26. The maximum atomic E-state index is 14.0. The number of allylic oxidation sites excluding steroid dienone is 1. The number of benzene rings is 1. The smallest absolute Gasteiger partial charge is 0.374 e. The van der Waals surface area contributed by atoms with E-state index in [2.05, 4.69) is 25.1 Å². The number of aliphatic imine (C=N–C) groups is 1. The summed E-state index contributed by atoms with van der Waals surface area (Å²) in [6, 6.07) is 5.55. The van der Waals surface area contributed by atoms with Gasteiger partial charge in [0.05, 0.1) is 12.0 Å². The molecule has 1 atom stereocenters. The van der Waals surface area contributed by atoms with E-state index in [0.29, 0.717) is 29.4 Å². The van der Waals surface area contributed by atoms with E-state index in [4.69, 9.17) is 0 Å². The number of piperidine rings is 1. The van der Waals surface area contributed by atoms with E-state index in [1.54, 1.807) is 6.20 Å². The molecule has 2 aromatic rings. The van der Waals surface area contributed by atoms with Gasteiger partial charge in [-0.25, -0.2) is 9.38 Å². The quantitative estimate of drug-likeness (QED) is 0.503. The largest absolute Gasteiger partial charge is 0.419 e. The zero-order valence-corrected chi connectivity index (χ0v) is 21.5. The second-order valence-corrected chi connectivity index (χ2v) is 10.8. The highest BCUT2D eigenvalue weighted by Crippen LogP contribution is 2.38. The minimum absolute atomic E-state index is 0.0354. The van der Waals surface area contributed by atoms with Crippen LogP contribution < -0.4 is 10.6 Å². The Kier molecular flexibility index (Phi) is 6.82. The molecule has 3 saturated heterocycles. The summed E-state index contributed by atoms with van der Waals surface area (Å²) in [7, 11) is 0. The Balaban J connectivity index is 1.27. The van der Waals surface area contributed by atoms with Gasteiger partial charge in [-0.15, -0.1) is 0 Å². The number of amidine groups is 1. The highest BCUT2D eigenvalue weighted by molar-refractivity contribution is 6.16. The van der Waals surface area contributed by atoms with E-state index in [1.807, 2.05) is 18.3 Å². The average Bonchev–Trinajstić information content (AvgIpc) is 3.63. The van der Waals surface area contributed by atoms with Crippen LogP contribution in [0.25, 0.3) is 11.1 Å². The van der Waals surface area contributed by atoms with Crippen molar-refractivity contribution in [1.29, 1.82) is 0 Å². The van der Waals surface area contributed by atoms with Gasteiger partial charge in [-0.05, 0) is 61.6 Å². The van der Waals surface area contributed by atoms with Gasteiger partial charge in [0.15, 0.2) is 0 Å². The number of rotatable bonds is 5. The minimum Gasteiger partial charge on any atom is -0.374 e. The van der Waals surface area contributed by atoms with Crippen LogP contribution in [-0.2, 0) is 17.5 Å². The van der Waals surface area contributed by atoms with Gasteiger partial charge in [-0.3, -0.25) is 4.79 Å². The maximum Gasteiger partial charge on any atom is 0.419 e. The highest BCUT2D eigenvalue weighted by atomic mass is 19.4. The molecule has 3 fully saturated rings. The zero-order chi connectivity index (χ0) is 27.1. The first kappa shape index (κ1) is 25.9. The number of halogens is 4. The van der Waals surface area contributed by atoms with Gasteiger partial charge >= 0.3 is 6.18 Å². The molecule has 2 N–H and O–H groups in total. The number of nitrogens with one attached hydrogen (secondary N) is 2. The van der Waals surface area contributed by atoms with Crippen LogP contribution in [0, 0.1) is 5.82 Å². The molecule has 1 aromatic heterocycles. The summed E-state index contributed by atoms with van der Waals surface area (Å²) in [6.07, 6.45) is 5.92. The van der Waals surface area contributed by atoms with Crippen LogP contribution in [0.3, 0.4) is 0 Å². The molecular formula is C29H31F4N5O. The molecule has 39 heavy (non-hydrogen) atoms. The fourth-order valence-electron chi connectivity index (χ4n) is 6.29. The summed E-state index contributed by atoms with van der Waals surface area (Å²) in [5.74, 6) is -0.412. The fraction of sp³-hybridized carbons (Fsp3) is 0.448. The van der Waals surface area contributed by atoms with Gasteiger partial charge in [0.2, 0.25) is 5.91 Å². The molecule has 4 aliphatic rings. The van der Waals surface area contributed by atoms with Gasteiger partial charge < -0.3 is 20.1 Å². The van der Waals surface area contributed by atoms with E-state index in [9.17, 15) is 22.4 Å². The fourth-order valence-corrected chi connectivity index (χ4v) is 6.29. The van der Waals surface area contributed by atoms with Crippen molar-refractivity contribution in [3.63, 3.8) is 0 Å². The monoisotopic (exact) mass is 541 g/mol. The first-order valence-corrected chi connectivity index (χ1v) is 13.6. The third-order valence-electron chi connectivity index (χ3n) is 8.26. The van der Waals surface area contributed by atoms with Crippen LogP contribution in [0.2, 0.25) is 0 Å². The molecule has 10 heteroatoms. The number of fused-ring (bicyclic) bond motifs is 1. The molecule has 1 amide bonds. The Morgan fingerprint density at radius 3 is 2.64 bits per heavy atom. The molecule has 5 heterocycles. The van der Waals surface area contributed by atoms with Crippen LogP contribution in [0.4, 0.5) is 17.6 Å². The number of amides is 1. The first-order chi connectivity index (χ1) is 18.8. The van der Waals surface area contributed by atoms with Gasteiger partial charge in [0.25, 0.3) is 0 Å². The molecule has 0 spiro atoms. The average molecular weight is 542 g/mol. The van der Waals surface area contributed by atoms with Crippen molar-refractivity contribution in [3.05, 3.63) is 71.1 Å². The first-order valence-electron chi connectivity index (χ1n) is 13.6. The summed E-state index contributed by atoms with van der Waals surface area (Å²) >= 11 is 0. The SMILES string of the molecule is O=C1CC2=C(N3CCC(c4cc(-c5ccc(F)c(C(F)(F)F)c5)cn4CC4CCCN4)CC3)CC=CN=C2N1. The Bertz CT molecular complexity index is 1360. The number of aromatic nitrogens is 1. The Labute approximate surface area is 224 Å². The van der Waals surface area contributed by atoms with Crippen LogP contribution in [-0.4, -0.2) is 46.9 Å². The van der Waals surface area contributed by atoms with Gasteiger partial charge in [-0.2, -0.15) is 13.2 Å². The van der Waals surface area contributed by atoms with Gasteiger partial charge in [-0.1, -0.05) is 12.1 Å². The van der Waals surface area contributed by atoms with Gasteiger partial charge in [0.1, 0.15) is 11.7 Å². The highest BCUT2D eigenvalue weighted by Gasteiger charge is 2.35. The second-order valence-electron chi connectivity index (χ2n) is 10.8. The topological polar surface area (TPSA) is 61.7 Å². The number of nitrogens with zero attached hydrogens (tertiary/aromatic N) is 3. The van der Waals surface area contributed by atoms with E-state index in [0.717, 1.165) is 87.4 Å². The molecule has 1 unspecified atom stereocenters. The normalized spacial score (nSPS) is 22.3. The lowest BCUT2D eigenvalue weighted by Crippen LogP contribution is -2.34. The summed E-state index contributed by atoms with van der Waals surface area (Å²) in [5.41, 5.74) is 3.01. The van der Waals surface area contributed by atoms with Crippen molar-refractivity contribution in [2.45, 2.75) is 63.2 Å². The second kappa shape index (κ2) is 10.3. The number of alkyl halides is 3. The standard InChI is InChI=1S/C29H31F4N5O/c30-24-6-5-19(13-23(24)29(31,32)33)20-14-26(38(16-20)17-21-3-1-9-34-21)18-7-11-37(12-8-18)25-4-2-10-35-28-22(25)15-27(39)36-28/h2,5-6,10,13-14,16,18,21,34H,1,3-4,7-9,11-12,15,17H2,(H,35,36,39).